The highest BCUT2D eigenvalue weighted by Gasteiger charge is 2.33. The quantitative estimate of drug-likeness (QED) is 0.684. The molecule has 3 rings (SSSR count). The lowest BCUT2D eigenvalue weighted by Crippen LogP contribution is -2.50. The second-order valence-corrected chi connectivity index (χ2v) is 7.90. The third-order valence-corrected chi connectivity index (χ3v) is 5.68. The van der Waals surface area contributed by atoms with Crippen molar-refractivity contribution in [3.05, 3.63) is 30.1 Å². The molecule has 0 N–H and O–H groups in total. The topological polar surface area (TPSA) is 36.0 Å². The van der Waals surface area contributed by atoms with Crippen LogP contribution in [0.15, 0.2) is 24.3 Å². The van der Waals surface area contributed by atoms with Crippen LogP contribution >= 0.6 is 0 Å². The molecule has 2 fully saturated rings. The number of carbonyl (C=O) groups excluding carboxylic acids is 1. The van der Waals surface area contributed by atoms with Gasteiger partial charge in [-0.15, -0.1) is 0 Å². The van der Waals surface area contributed by atoms with Gasteiger partial charge >= 0.3 is 0 Å². The lowest BCUT2D eigenvalue weighted by atomic mass is 10.1. The summed E-state index contributed by atoms with van der Waals surface area (Å²) in [5.41, 5.74) is 0. The largest absolute Gasteiger partial charge is 0.494 e. The molecule has 1 amide bonds. The molecule has 1 atom stereocenters. The maximum Gasteiger partial charge on any atom is 0.227 e. The highest BCUT2D eigenvalue weighted by molar-refractivity contribution is 5.79. The third-order valence-electron chi connectivity index (χ3n) is 5.68. The maximum atomic E-state index is 12.9. The fourth-order valence-electron chi connectivity index (χ4n) is 3.92. The summed E-state index contributed by atoms with van der Waals surface area (Å²) >= 11 is 0. The molecule has 0 saturated carbocycles. The average molecular weight is 378 g/mol. The monoisotopic (exact) mass is 377 g/mol. The van der Waals surface area contributed by atoms with Crippen molar-refractivity contribution in [1.29, 1.82) is 0 Å². The molecule has 0 aliphatic carbocycles. The van der Waals surface area contributed by atoms with Gasteiger partial charge in [-0.25, -0.2) is 4.39 Å². The Hall–Kier alpha value is -1.66. The Morgan fingerprint density at radius 2 is 1.85 bits per heavy atom. The van der Waals surface area contributed by atoms with E-state index >= 15 is 0 Å². The van der Waals surface area contributed by atoms with Crippen LogP contribution in [0.2, 0.25) is 0 Å². The number of likely N-dealkylation sites (tertiary alicyclic amines) is 1. The molecule has 6 heteroatoms. The van der Waals surface area contributed by atoms with Crippen LogP contribution in [0.3, 0.4) is 0 Å². The number of rotatable bonds is 7. The highest BCUT2D eigenvalue weighted by atomic mass is 19.1. The van der Waals surface area contributed by atoms with Gasteiger partial charge in [0.25, 0.3) is 0 Å². The first-order chi connectivity index (χ1) is 13.0. The van der Waals surface area contributed by atoms with Crippen LogP contribution < -0.4 is 4.74 Å². The van der Waals surface area contributed by atoms with Gasteiger partial charge in [-0.2, -0.15) is 0 Å². The van der Waals surface area contributed by atoms with Crippen molar-refractivity contribution in [3.63, 3.8) is 0 Å². The van der Waals surface area contributed by atoms with Crippen molar-refractivity contribution in [2.75, 3.05) is 52.4 Å². The Kier molecular flexibility index (Phi) is 7.07. The first-order valence-corrected chi connectivity index (χ1v) is 10.2. The fraction of sp³-hybridized carbons (Fsp3) is 0.667. The molecular weight excluding hydrogens is 345 g/mol. The van der Waals surface area contributed by atoms with Crippen molar-refractivity contribution >= 4 is 5.91 Å². The molecule has 0 bridgehead atoms. The van der Waals surface area contributed by atoms with E-state index in [1.54, 1.807) is 12.1 Å². The van der Waals surface area contributed by atoms with Crippen LogP contribution in [0.1, 0.15) is 26.7 Å². The summed E-state index contributed by atoms with van der Waals surface area (Å²) in [5, 5.41) is 0. The Morgan fingerprint density at radius 1 is 1.15 bits per heavy atom. The SMILES string of the molecule is CC(C)N1CCC(C(=O)N2CCN(CCCOc3ccc(F)cc3)CC2)C1. The summed E-state index contributed by atoms with van der Waals surface area (Å²) in [6, 6.07) is 6.66. The Bertz CT molecular complexity index is 600. The molecule has 5 nitrogen and oxygen atoms in total. The van der Waals surface area contributed by atoms with E-state index in [9.17, 15) is 9.18 Å². The molecule has 2 saturated heterocycles. The standard InChI is InChI=1S/C21H32FN3O2/c1-17(2)25-10-8-18(16-25)21(26)24-13-11-23(12-14-24)9-3-15-27-20-6-4-19(22)5-7-20/h4-7,17-18H,3,8-16H2,1-2H3. The van der Waals surface area contributed by atoms with Crippen LogP contribution in [0, 0.1) is 11.7 Å². The number of piperazine rings is 1. The Balaban J connectivity index is 1.32. The van der Waals surface area contributed by atoms with Crippen LogP contribution in [0.25, 0.3) is 0 Å². The molecule has 0 aromatic heterocycles. The Labute approximate surface area is 162 Å². The minimum atomic E-state index is -0.246. The minimum Gasteiger partial charge on any atom is -0.494 e. The predicted octanol–water partition coefficient (Wildman–Crippen LogP) is 2.47. The number of amides is 1. The van der Waals surface area contributed by atoms with Crippen LogP contribution in [-0.4, -0.2) is 79.1 Å². The summed E-state index contributed by atoms with van der Waals surface area (Å²) in [7, 11) is 0. The molecule has 1 aromatic rings. The van der Waals surface area contributed by atoms with Crippen molar-refractivity contribution in [2.24, 2.45) is 5.92 Å². The maximum absolute atomic E-state index is 12.9. The van der Waals surface area contributed by atoms with Gasteiger partial charge in [-0.05, 0) is 57.5 Å². The van der Waals surface area contributed by atoms with Gasteiger partial charge in [0.2, 0.25) is 5.91 Å². The van der Waals surface area contributed by atoms with Crippen LogP contribution in [0.5, 0.6) is 5.75 Å². The molecule has 0 spiro atoms. The van der Waals surface area contributed by atoms with E-state index in [2.05, 4.69) is 28.5 Å². The van der Waals surface area contributed by atoms with Gasteiger partial charge in [-0.1, -0.05) is 0 Å². The zero-order chi connectivity index (χ0) is 19.2. The first kappa shape index (κ1) is 20.1. The zero-order valence-electron chi connectivity index (χ0n) is 16.6. The van der Waals surface area contributed by atoms with E-state index in [1.165, 1.54) is 12.1 Å². The predicted molar refractivity (Wildman–Crippen MR) is 104 cm³/mol. The zero-order valence-corrected chi connectivity index (χ0v) is 16.6. The van der Waals surface area contributed by atoms with E-state index < -0.39 is 0 Å². The molecule has 0 radical (unpaired) electrons. The molecule has 150 valence electrons. The van der Waals surface area contributed by atoms with E-state index in [-0.39, 0.29) is 11.7 Å². The van der Waals surface area contributed by atoms with Crippen molar-refractivity contribution in [2.45, 2.75) is 32.7 Å². The summed E-state index contributed by atoms with van der Waals surface area (Å²) in [5.74, 6) is 0.989. The van der Waals surface area contributed by atoms with Crippen molar-refractivity contribution < 1.29 is 13.9 Å². The lowest BCUT2D eigenvalue weighted by molar-refractivity contribution is -0.137. The summed E-state index contributed by atoms with van der Waals surface area (Å²) < 4.78 is 18.5. The smallest absolute Gasteiger partial charge is 0.227 e. The fourth-order valence-corrected chi connectivity index (χ4v) is 3.92. The van der Waals surface area contributed by atoms with Gasteiger partial charge in [0, 0.05) is 45.3 Å². The van der Waals surface area contributed by atoms with Crippen LogP contribution in [0.4, 0.5) is 4.39 Å². The Morgan fingerprint density at radius 3 is 2.48 bits per heavy atom. The van der Waals surface area contributed by atoms with Gasteiger partial charge < -0.3 is 14.5 Å². The normalized spacial score (nSPS) is 21.8. The lowest BCUT2D eigenvalue weighted by Gasteiger charge is -2.36. The second kappa shape index (κ2) is 9.51. The number of ether oxygens (including phenoxy) is 1. The highest BCUT2D eigenvalue weighted by Crippen LogP contribution is 2.21. The first-order valence-electron chi connectivity index (χ1n) is 10.2. The third kappa shape index (κ3) is 5.66. The van der Waals surface area contributed by atoms with Crippen LogP contribution in [-0.2, 0) is 4.79 Å². The van der Waals surface area contributed by atoms with E-state index in [1.807, 2.05) is 0 Å². The number of benzene rings is 1. The van der Waals surface area contributed by atoms with Crippen molar-refractivity contribution in [1.82, 2.24) is 14.7 Å². The number of hydrogen-bond donors (Lipinski definition) is 0. The van der Waals surface area contributed by atoms with E-state index in [4.69, 9.17) is 4.74 Å². The second-order valence-electron chi connectivity index (χ2n) is 7.90. The number of carbonyl (C=O) groups is 1. The summed E-state index contributed by atoms with van der Waals surface area (Å²) in [6.45, 7) is 11.5. The number of hydrogen-bond acceptors (Lipinski definition) is 4. The number of nitrogens with zero attached hydrogens (tertiary/aromatic N) is 3. The summed E-state index contributed by atoms with van der Waals surface area (Å²) in [4.78, 5) is 19.6. The van der Waals surface area contributed by atoms with Gasteiger partial charge in [0.15, 0.2) is 0 Å². The molecule has 2 aliphatic heterocycles. The molecule has 27 heavy (non-hydrogen) atoms. The van der Waals surface area contributed by atoms with Gasteiger partial charge in [0.1, 0.15) is 11.6 Å². The molecule has 2 aliphatic rings. The molecule has 1 unspecified atom stereocenters. The van der Waals surface area contributed by atoms with Gasteiger partial charge in [0.05, 0.1) is 12.5 Å². The van der Waals surface area contributed by atoms with E-state index in [0.717, 1.165) is 58.7 Å². The minimum absolute atomic E-state index is 0.183. The number of halogens is 1. The molecular formula is C21H32FN3O2. The molecule has 2 heterocycles. The van der Waals surface area contributed by atoms with Gasteiger partial charge in [-0.3, -0.25) is 9.69 Å². The molecule has 1 aromatic carbocycles. The van der Waals surface area contributed by atoms with E-state index in [0.29, 0.717) is 24.3 Å². The summed E-state index contributed by atoms with van der Waals surface area (Å²) in [6.07, 6.45) is 1.93. The average Bonchev–Trinajstić information content (AvgIpc) is 3.17. The van der Waals surface area contributed by atoms with Crippen molar-refractivity contribution in [3.8, 4) is 5.75 Å².